The van der Waals surface area contributed by atoms with Crippen LogP contribution in [0.4, 0.5) is 4.79 Å². The minimum absolute atomic E-state index is 0.214. The van der Waals surface area contributed by atoms with Crippen LogP contribution < -0.4 is 0 Å². The molecule has 0 saturated carbocycles. The predicted molar refractivity (Wildman–Crippen MR) is 151 cm³/mol. The first kappa shape index (κ1) is 28.6. The van der Waals surface area contributed by atoms with E-state index in [1.165, 1.54) is 4.31 Å². The highest BCUT2D eigenvalue weighted by atomic mass is 32.2. The van der Waals surface area contributed by atoms with E-state index in [1.807, 2.05) is 49.9 Å². The molecule has 0 aromatic heterocycles. The highest BCUT2D eigenvalue weighted by molar-refractivity contribution is 7.89. The van der Waals surface area contributed by atoms with Crippen LogP contribution in [-0.2, 0) is 20.2 Å². The molecule has 3 atom stereocenters. The van der Waals surface area contributed by atoms with Gasteiger partial charge in [-0.3, -0.25) is 0 Å². The van der Waals surface area contributed by atoms with Crippen molar-refractivity contribution in [2.75, 3.05) is 46.3 Å². The summed E-state index contributed by atoms with van der Waals surface area (Å²) < 4.78 is 33.7. The number of ether oxygens (including phenoxy) is 1. The van der Waals surface area contributed by atoms with Crippen molar-refractivity contribution in [2.24, 2.45) is 11.8 Å². The Labute approximate surface area is 228 Å². The Morgan fingerprint density at radius 1 is 0.947 bits per heavy atom. The third kappa shape index (κ3) is 6.77. The maximum atomic E-state index is 13.3. The van der Waals surface area contributed by atoms with Gasteiger partial charge in [0.05, 0.1) is 4.90 Å². The maximum Gasteiger partial charge on any atom is 0.410 e. The van der Waals surface area contributed by atoms with Crippen LogP contribution in [0.1, 0.15) is 46.1 Å². The number of rotatable bonds is 8. The van der Waals surface area contributed by atoms with Gasteiger partial charge in [-0.15, -0.1) is 0 Å². The van der Waals surface area contributed by atoms with Crippen LogP contribution in [0.2, 0.25) is 0 Å². The summed E-state index contributed by atoms with van der Waals surface area (Å²) in [5.41, 5.74) is 0.301. The first-order valence-electron chi connectivity index (χ1n) is 13.6. The van der Waals surface area contributed by atoms with Crippen LogP contribution in [0, 0.1) is 11.8 Å². The van der Waals surface area contributed by atoms with E-state index >= 15 is 0 Å². The van der Waals surface area contributed by atoms with Crippen molar-refractivity contribution in [1.82, 2.24) is 14.1 Å². The van der Waals surface area contributed by atoms with Crippen LogP contribution in [0.5, 0.6) is 0 Å². The smallest absolute Gasteiger partial charge is 0.410 e. The second-order valence-corrected chi connectivity index (χ2v) is 14.3. The molecule has 0 radical (unpaired) electrons. The quantitative estimate of drug-likeness (QED) is 0.478. The molecule has 1 amide bonds. The third-order valence-electron chi connectivity index (χ3n) is 8.00. The standard InChI is InChI=1S/C30H43N3O4S/c1-29(2,3)37-28(34)33-18-16-24-20-32(21-25(24)22-33)19-17-30(4,26-12-8-6-9-13-26)23-31(5)38(35,36)27-14-10-7-11-15-27/h6-15,24-25H,16-23H2,1-5H3/t24-,25?,30-/m1/s1. The zero-order valence-electron chi connectivity index (χ0n) is 23.5. The molecule has 0 spiro atoms. The lowest BCUT2D eigenvalue weighted by Crippen LogP contribution is -2.45. The van der Waals surface area contributed by atoms with Crippen LogP contribution >= 0.6 is 0 Å². The molecule has 38 heavy (non-hydrogen) atoms. The van der Waals surface area contributed by atoms with Crippen LogP contribution in [0.3, 0.4) is 0 Å². The van der Waals surface area contributed by atoms with Crippen molar-refractivity contribution in [2.45, 2.75) is 56.4 Å². The van der Waals surface area contributed by atoms with Gasteiger partial charge in [0.2, 0.25) is 10.0 Å². The number of hydrogen-bond acceptors (Lipinski definition) is 5. The molecule has 208 valence electrons. The molecule has 2 heterocycles. The van der Waals surface area contributed by atoms with E-state index in [4.69, 9.17) is 4.74 Å². The number of hydrogen-bond donors (Lipinski definition) is 0. The fourth-order valence-corrected chi connectivity index (χ4v) is 7.17. The number of benzene rings is 2. The molecule has 2 aromatic carbocycles. The number of likely N-dealkylation sites (tertiary alicyclic amines) is 2. The fourth-order valence-electron chi connectivity index (χ4n) is 5.85. The third-order valence-corrected chi connectivity index (χ3v) is 9.82. The van der Waals surface area contributed by atoms with Gasteiger partial charge in [-0.05, 0) is 69.7 Å². The number of piperidine rings is 1. The maximum absolute atomic E-state index is 13.3. The molecule has 0 N–H and O–H groups in total. The van der Waals surface area contributed by atoms with Gasteiger partial charge >= 0.3 is 6.09 Å². The first-order chi connectivity index (χ1) is 17.9. The number of amides is 1. The average molecular weight is 542 g/mol. The van der Waals surface area contributed by atoms with E-state index in [2.05, 4.69) is 24.0 Å². The lowest BCUT2D eigenvalue weighted by molar-refractivity contribution is 0.0139. The van der Waals surface area contributed by atoms with Crippen molar-refractivity contribution >= 4 is 16.1 Å². The summed E-state index contributed by atoms with van der Waals surface area (Å²) in [5, 5.41) is 0. The molecule has 4 rings (SSSR count). The molecule has 8 heteroatoms. The molecule has 2 fully saturated rings. The highest BCUT2D eigenvalue weighted by Crippen LogP contribution is 2.35. The Morgan fingerprint density at radius 3 is 2.18 bits per heavy atom. The first-order valence-corrected chi connectivity index (χ1v) is 15.1. The van der Waals surface area contributed by atoms with Gasteiger partial charge < -0.3 is 14.5 Å². The molecule has 2 saturated heterocycles. The average Bonchev–Trinajstić information content (AvgIpc) is 3.30. The van der Waals surface area contributed by atoms with Crippen molar-refractivity contribution in [1.29, 1.82) is 0 Å². The van der Waals surface area contributed by atoms with Gasteiger partial charge in [-0.2, -0.15) is 0 Å². The minimum Gasteiger partial charge on any atom is -0.444 e. The number of likely N-dealkylation sites (N-methyl/N-ethyl adjacent to an activating group) is 1. The van der Waals surface area contributed by atoms with E-state index in [0.717, 1.165) is 51.1 Å². The van der Waals surface area contributed by atoms with E-state index in [0.29, 0.717) is 23.3 Å². The Hall–Kier alpha value is -2.42. The van der Waals surface area contributed by atoms with E-state index in [9.17, 15) is 13.2 Å². The van der Waals surface area contributed by atoms with Gasteiger partial charge in [-0.25, -0.2) is 17.5 Å². The Balaban J connectivity index is 1.42. The second-order valence-electron chi connectivity index (χ2n) is 12.2. The van der Waals surface area contributed by atoms with Gasteiger partial charge in [0.1, 0.15) is 5.60 Å². The molecule has 2 aliphatic heterocycles. The number of carbonyl (C=O) groups is 1. The van der Waals surface area contributed by atoms with Crippen LogP contribution in [-0.4, -0.2) is 80.5 Å². The summed E-state index contributed by atoms with van der Waals surface area (Å²) >= 11 is 0. The Kier molecular flexibility index (Phi) is 8.55. The molecular formula is C30H43N3O4S. The summed E-state index contributed by atoms with van der Waals surface area (Å²) in [6, 6.07) is 18.9. The summed E-state index contributed by atoms with van der Waals surface area (Å²) in [7, 11) is -1.91. The topological polar surface area (TPSA) is 70.2 Å². The SMILES string of the molecule is CN(C[C@@](C)(CCN1CC2CN(C(=O)OC(C)(C)C)CC[C@@H]2C1)c1ccccc1)S(=O)(=O)c1ccccc1. The molecule has 2 aliphatic rings. The molecular weight excluding hydrogens is 498 g/mol. The lowest BCUT2D eigenvalue weighted by atomic mass is 9.79. The largest absolute Gasteiger partial charge is 0.444 e. The monoisotopic (exact) mass is 541 g/mol. The van der Waals surface area contributed by atoms with Gasteiger partial charge in [-0.1, -0.05) is 55.5 Å². The van der Waals surface area contributed by atoms with Crippen molar-refractivity contribution in [3.05, 3.63) is 66.2 Å². The number of fused-ring (bicyclic) bond motifs is 1. The molecule has 0 aliphatic carbocycles. The van der Waals surface area contributed by atoms with E-state index in [1.54, 1.807) is 31.3 Å². The van der Waals surface area contributed by atoms with Crippen molar-refractivity contribution < 1.29 is 17.9 Å². The summed E-state index contributed by atoms with van der Waals surface area (Å²) in [6.07, 6.45) is 1.61. The van der Waals surface area contributed by atoms with Gasteiger partial charge in [0.15, 0.2) is 0 Å². The number of carbonyl (C=O) groups excluding carboxylic acids is 1. The van der Waals surface area contributed by atoms with Gasteiger partial charge in [0.25, 0.3) is 0 Å². The predicted octanol–water partition coefficient (Wildman–Crippen LogP) is 4.84. The number of sulfonamides is 1. The molecule has 0 bridgehead atoms. The summed E-state index contributed by atoms with van der Waals surface area (Å²) in [5.74, 6) is 1.03. The summed E-state index contributed by atoms with van der Waals surface area (Å²) in [6.45, 7) is 12.6. The van der Waals surface area contributed by atoms with Crippen LogP contribution in [0.15, 0.2) is 65.6 Å². The second kappa shape index (κ2) is 11.4. The zero-order valence-corrected chi connectivity index (χ0v) is 24.3. The van der Waals surface area contributed by atoms with Gasteiger partial charge in [0, 0.05) is 45.2 Å². The molecule has 1 unspecified atom stereocenters. The van der Waals surface area contributed by atoms with E-state index in [-0.39, 0.29) is 11.5 Å². The lowest BCUT2D eigenvalue weighted by Gasteiger charge is -2.35. The summed E-state index contributed by atoms with van der Waals surface area (Å²) in [4.78, 5) is 17.3. The fraction of sp³-hybridized carbons (Fsp3) is 0.567. The molecule has 7 nitrogen and oxygen atoms in total. The molecule has 2 aromatic rings. The van der Waals surface area contributed by atoms with E-state index < -0.39 is 15.6 Å². The van der Waals surface area contributed by atoms with Crippen molar-refractivity contribution in [3.8, 4) is 0 Å². The van der Waals surface area contributed by atoms with Crippen molar-refractivity contribution in [3.63, 3.8) is 0 Å². The minimum atomic E-state index is -3.59. The normalized spacial score (nSPS) is 22.2. The van der Waals surface area contributed by atoms with Crippen LogP contribution in [0.25, 0.3) is 0 Å². The Morgan fingerprint density at radius 2 is 1.55 bits per heavy atom. The highest BCUT2D eigenvalue weighted by Gasteiger charge is 2.40. The number of nitrogens with zero attached hydrogens (tertiary/aromatic N) is 3. The Bertz CT molecular complexity index is 1180. The zero-order chi connectivity index (χ0) is 27.6.